The zero-order valence-corrected chi connectivity index (χ0v) is 8.88. The van der Waals surface area contributed by atoms with E-state index in [2.05, 4.69) is 10.2 Å². The Morgan fingerprint density at radius 1 is 1.57 bits per heavy atom. The number of halogens is 2. The molecule has 0 aliphatic carbocycles. The van der Waals surface area contributed by atoms with Crippen molar-refractivity contribution in [3.8, 4) is 0 Å². The van der Waals surface area contributed by atoms with Gasteiger partial charge in [-0.05, 0) is 12.5 Å². The van der Waals surface area contributed by atoms with Gasteiger partial charge in [0.1, 0.15) is 0 Å². The van der Waals surface area contributed by atoms with E-state index in [0.717, 1.165) is 0 Å². The average Bonchev–Trinajstić information content (AvgIpc) is 2.11. The molecule has 0 amide bonds. The van der Waals surface area contributed by atoms with E-state index in [9.17, 15) is 4.79 Å². The van der Waals surface area contributed by atoms with E-state index in [4.69, 9.17) is 28.3 Å². The molecule has 0 bridgehead atoms. The fourth-order valence-corrected chi connectivity index (χ4v) is 1.52. The quantitative estimate of drug-likeness (QED) is 0.873. The van der Waals surface area contributed by atoms with Crippen molar-refractivity contribution in [1.29, 1.82) is 0 Å². The largest absolute Gasteiger partial charge is 0.481 e. The van der Waals surface area contributed by atoms with Gasteiger partial charge in [0.2, 0.25) is 0 Å². The summed E-state index contributed by atoms with van der Waals surface area (Å²) in [6.07, 6.45) is 0.428. The first kappa shape index (κ1) is 11.2. The molecule has 0 radical (unpaired) electrons. The van der Waals surface area contributed by atoms with Crippen LogP contribution in [0.4, 0.5) is 0 Å². The molecule has 0 aromatic carbocycles. The highest BCUT2D eigenvalue weighted by molar-refractivity contribution is 6.32. The molecular weight excluding hydrogens is 227 g/mol. The molecule has 1 aromatic rings. The van der Waals surface area contributed by atoms with Crippen LogP contribution in [0.2, 0.25) is 10.3 Å². The van der Waals surface area contributed by atoms with Crippen molar-refractivity contribution in [3.63, 3.8) is 0 Å². The van der Waals surface area contributed by atoms with Crippen LogP contribution in [-0.2, 0) is 4.79 Å². The number of carboxylic acids is 1. The fraction of sp³-hybridized carbons (Fsp3) is 0.375. The minimum Gasteiger partial charge on any atom is -0.481 e. The van der Waals surface area contributed by atoms with Crippen LogP contribution >= 0.6 is 23.2 Å². The van der Waals surface area contributed by atoms with Gasteiger partial charge in [-0.1, -0.05) is 30.1 Å². The Balaban J connectivity index is 3.15. The Bertz CT molecular complexity index is 357. The van der Waals surface area contributed by atoms with Crippen LogP contribution in [0, 0.1) is 0 Å². The third-order valence-corrected chi connectivity index (χ3v) is 2.31. The topological polar surface area (TPSA) is 63.1 Å². The monoisotopic (exact) mass is 234 g/mol. The van der Waals surface area contributed by atoms with Gasteiger partial charge in [-0.2, -0.15) is 0 Å². The SMILES string of the molecule is CCC(C(=O)O)c1cc(Cl)nnc1Cl. The Kier molecular flexibility index (Phi) is 3.66. The Morgan fingerprint density at radius 2 is 2.21 bits per heavy atom. The lowest BCUT2D eigenvalue weighted by molar-refractivity contribution is -0.138. The number of aliphatic carboxylic acids is 1. The van der Waals surface area contributed by atoms with Gasteiger partial charge in [0.15, 0.2) is 10.3 Å². The molecule has 1 heterocycles. The van der Waals surface area contributed by atoms with Gasteiger partial charge in [0.25, 0.3) is 0 Å². The zero-order chi connectivity index (χ0) is 10.7. The standard InChI is InChI=1S/C8H8Cl2N2O2/c1-2-4(8(13)14)5-3-6(9)11-12-7(5)10/h3-4H,2H2,1H3,(H,13,14). The first-order valence-corrected chi connectivity index (χ1v) is 4.73. The summed E-state index contributed by atoms with van der Waals surface area (Å²) in [6.45, 7) is 1.75. The van der Waals surface area contributed by atoms with Crippen LogP contribution in [0.5, 0.6) is 0 Å². The average molecular weight is 235 g/mol. The molecule has 0 aliphatic heterocycles. The van der Waals surface area contributed by atoms with Crippen molar-refractivity contribution in [2.24, 2.45) is 0 Å². The molecule has 1 aromatic heterocycles. The normalized spacial score (nSPS) is 12.5. The van der Waals surface area contributed by atoms with Crippen LogP contribution in [0.15, 0.2) is 6.07 Å². The van der Waals surface area contributed by atoms with E-state index < -0.39 is 11.9 Å². The summed E-state index contributed by atoms with van der Waals surface area (Å²) in [5.74, 6) is -1.63. The first-order valence-electron chi connectivity index (χ1n) is 3.97. The lowest BCUT2D eigenvalue weighted by Gasteiger charge is -2.10. The summed E-state index contributed by atoms with van der Waals surface area (Å²) < 4.78 is 0. The maximum atomic E-state index is 10.8. The molecular formula is C8H8Cl2N2O2. The summed E-state index contributed by atoms with van der Waals surface area (Å²) >= 11 is 11.3. The van der Waals surface area contributed by atoms with E-state index in [1.165, 1.54) is 6.07 Å². The molecule has 0 saturated carbocycles. The molecule has 0 spiro atoms. The van der Waals surface area contributed by atoms with Gasteiger partial charge in [0.05, 0.1) is 5.92 Å². The Labute approximate surface area is 90.9 Å². The maximum Gasteiger partial charge on any atom is 0.311 e. The van der Waals surface area contributed by atoms with E-state index in [0.29, 0.717) is 12.0 Å². The molecule has 1 N–H and O–H groups in total. The van der Waals surface area contributed by atoms with E-state index in [1.54, 1.807) is 6.92 Å². The number of carbonyl (C=O) groups is 1. The maximum absolute atomic E-state index is 10.8. The van der Waals surface area contributed by atoms with Crippen molar-refractivity contribution < 1.29 is 9.90 Å². The molecule has 1 atom stereocenters. The number of carboxylic acid groups (broad SMARTS) is 1. The molecule has 14 heavy (non-hydrogen) atoms. The van der Waals surface area contributed by atoms with Gasteiger partial charge in [0, 0.05) is 5.56 Å². The molecule has 1 unspecified atom stereocenters. The van der Waals surface area contributed by atoms with Crippen molar-refractivity contribution in [2.75, 3.05) is 0 Å². The summed E-state index contributed by atoms with van der Waals surface area (Å²) in [6, 6.07) is 1.43. The van der Waals surface area contributed by atoms with Crippen LogP contribution in [0.3, 0.4) is 0 Å². The van der Waals surface area contributed by atoms with Crippen LogP contribution in [0.1, 0.15) is 24.8 Å². The van der Waals surface area contributed by atoms with Crippen molar-refractivity contribution >= 4 is 29.2 Å². The van der Waals surface area contributed by atoms with Crippen LogP contribution in [0.25, 0.3) is 0 Å². The minimum absolute atomic E-state index is 0.0867. The predicted molar refractivity (Wildman–Crippen MR) is 52.7 cm³/mol. The molecule has 4 nitrogen and oxygen atoms in total. The second-order valence-electron chi connectivity index (χ2n) is 2.71. The number of nitrogens with zero attached hydrogens (tertiary/aromatic N) is 2. The second-order valence-corrected chi connectivity index (χ2v) is 3.46. The van der Waals surface area contributed by atoms with Gasteiger partial charge >= 0.3 is 5.97 Å². The third kappa shape index (κ3) is 2.33. The molecule has 0 fully saturated rings. The number of hydrogen-bond donors (Lipinski definition) is 1. The molecule has 1 rings (SSSR count). The summed E-state index contributed by atoms with van der Waals surface area (Å²) in [5.41, 5.74) is 0.404. The van der Waals surface area contributed by atoms with E-state index in [1.807, 2.05) is 0 Å². The van der Waals surface area contributed by atoms with E-state index in [-0.39, 0.29) is 10.3 Å². The molecule has 0 saturated heterocycles. The number of aromatic nitrogens is 2. The summed E-state index contributed by atoms with van der Waals surface area (Å²) in [5, 5.41) is 16.2. The highest BCUT2D eigenvalue weighted by atomic mass is 35.5. The Hall–Kier alpha value is -0.870. The molecule has 76 valence electrons. The van der Waals surface area contributed by atoms with E-state index >= 15 is 0 Å². The van der Waals surface area contributed by atoms with Crippen molar-refractivity contribution in [3.05, 3.63) is 21.9 Å². The smallest absolute Gasteiger partial charge is 0.311 e. The van der Waals surface area contributed by atoms with Crippen LogP contribution in [-0.4, -0.2) is 21.3 Å². The highest BCUT2D eigenvalue weighted by Gasteiger charge is 2.21. The van der Waals surface area contributed by atoms with Gasteiger partial charge in [-0.15, -0.1) is 10.2 Å². The first-order chi connectivity index (χ1) is 6.56. The van der Waals surface area contributed by atoms with Gasteiger partial charge in [-0.3, -0.25) is 4.79 Å². The lowest BCUT2D eigenvalue weighted by atomic mass is 9.99. The second kappa shape index (κ2) is 4.57. The highest BCUT2D eigenvalue weighted by Crippen LogP contribution is 2.26. The molecule has 0 aliphatic rings. The van der Waals surface area contributed by atoms with Crippen molar-refractivity contribution in [2.45, 2.75) is 19.3 Å². The zero-order valence-electron chi connectivity index (χ0n) is 7.37. The van der Waals surface area contributed by atoms with Gasteiger partial charge < -0.3 is 5.11 Å². The minimum atomic E-state index is -0.946. The number of hydrogen-bond acceptors (Lipinski definition) is 3. The fourth-order valence-electron chi connectivity index (χ4n) is 1.14. The lowest BCUT2D eigenvalue weighted by Crippen LogP contribution is -2.11. The molecule has 6 heteroatoms. The summed E-state index contributed by atoms with van der Waals surface area (Å²) in [7, 11) is 0. The third-order valence-electron chi connectivity index (χ3n) is 1.83. The number of rotatable bonds is 3. The predicted octanol–water partition coefficient (Wildman–Crippen LogP) is 2.36. The van der Waals surface area contributed by atoms with Crippen LogP contribution < -0.4 is 0 Å². The van der Waals surface area contributed by atoms with Crippen molar-refractivity contribution in [1.82, 2.24) is 10.2 Å². The Morgan fingerprint density at radius 3 is 2.71 bits per heavy atom. The van der Waals surface area contributed by atoms with Gasteiger partial charge in [-0.25, -0.2) is 0 Å². The summed E-state index contributed by atoms with van der Waals surface area (Å²) in [4.78, 5) is 10.8.